The summed E-state index contributed by atoms with van der Waals surface area (Å²) in [6.07, 6.45) is -1.30. The van der Waals surface area contributed by atoms with Crippen molar-refractivity contribution in [1.29, 1.82) is 0 Å². The smallest absolute Gasteiger partial charge is 0.240 e. The Morgan fingerprint density at radius 1 is 0.906 bits per heavy atom. The molecule has 0 saturated heterocycles. The van der Waals surface area contributed by atoms with Crippen LogP contribution >= 0.6 is 23.5 Å². The lowest BCUT2D eigenvalue weighted by atomic mass is 9.70. The number of rotatable bonds is 17. The van der Waals surface area contributed by atoms with E-state index in [0.717, 1.165) is 11.8 Å². The van der Waals surface area contributed by atoms with E-state index in [4.69, 9.17) is 15.9 Å². The predicted octanol–water partition coefficient (Wildman–Crippen LogP) is -1.31. The fourth-order valence-corrected chi connectivity index (χ4v) is 4.87. The van der Waals surface area contributed by atoms with E-state index in [2.05, 4.69) is 10.6 Å². The molecule has 8 N–H and O–H groups in total. The van der Waals surface area contributed by atoms with E-state index in [1.54, 1.807) is 0 Å². The van der Waals surface area contributed by atoms with Gasteiger partial charge < -0.3 is 36.8 Å². The molecule has 0 radical (unpaired) electrons. The summed E-state index contributed by atoms with van der Waals surface area (Å²) in [7, 11) is 0. The summed E-state index contributed by atoms with van der Waals surface area (Å²) >= 11 is 2.36. The van der Waals surface area contributed by atoms with Crippen LogP contribution in [0.25, 0.3) is 0 Å². The molecular formula is C20H39N3O7S2. The highest BCUT2D eigenvalue weighted by Crippen LogP contribution is 2.36. The van der Waals surface area contributed by atoms with Gasteiger partial charge in [0.2, 0.25) is 17.7 Å². The fraction of sp³-hybridized carbons (Fsp3) is 0.850. The Morgan fingerprint density at radius 3 is 1.81 bits per heavy atom. The van der Waals surface area contributed by atoms with Gasteiger partial charge in [-0.2, -0.15) is 0 Å². The van der Waals surface area contributed by atoms with Crippen molar-refractivity contribution in [3.05, 3.63) is 0 Å². The van der Waals surface area contributed by atoms with E-state index in [1.165, 1.54) is 11.8 Å². The molecule has 10 nitrogen and oxygen atoms in total. The van der Waals surface area contributed by atoms with E-state index < -0.39 is 40.9 Å². The summed E-state index contributed by atoms with van der Waals surface area (Å²) in [5.41, 5.74) is 4.44. The second-order valence-electron chi connectivity index (χ2n) is 9.21. The second-order valence-corrected chi connectivity index (χ2v) is 11.3. The normalized spacial score (nSPS) is 15.0. The Bertz CT molecular complexity index is 606. The number of nitrogens with one attached hydrogen (secondary N) is 2. The maximum Gasteiger partial charge on any atom is 0.240 e. The number of nitrogens with two attached hydrogens (primary N) is 1. The highest BCUT2D eigenvalue weighted by molar-refractivity contribution is 8.00. The molecule has 0 aliphatic carbocycles. The van der Waals surface area contributed by atoms with Crippen LogP contribution in [0.3, 0.4) is 0 Å². The van der Waals surface area contributed by atoms with Crippen LogP contribution < -0.4 is 16.4 Å². The molecule has 188 valence electrons. The summed E-state index contributed by atoms with van der Waals surface area (Å²) in [6, 6.07) is -0.927. The number of thioether (sulfide) groups is 2. The first-order valence-electron chi connectivity index (χ1n) is 10.3. The maximum absolute atomic E-state index is 12.2. The quantitative estimate of drug-likeness (QED) is 0.128. The molecule has 12 heteroatoms. The van der Waals surface area contributed by atoms with Crippen LogP contribution in [0.15, 0.2) is 0 Å². The Balaban J connectivity index is 4.76. The van der Waals surface area contributed by atoms with Crippen molar-refractivity contribution in [1.82, 2.24) is 10.6 Å². The second kappa shape index (κ2) is 15.0. The molecule has 0 rings (SSSR count). The van der Waals surface area contributed by atoms with Crippen LogP contribution in [-0.2, 0) is 14.4 Å². The highest BCUT2D eigenvalue weighted by Gasteiger charge is 2.39. The van der Waals surface area contributed by atoms with Gasteiger partial charge in [-0.3, -0.25) is 14.4 Å². The Labute approximate surface area is 198 Å². The zero-order chi connectivity index (χ0) is 24.9. The van der Waals surface area contributed by atoms with Gasteiger partial charge in [-0.25, -0.2) is 0 Å². The topological polar surface area (TPSA) is 182 Å². The van der Waals surface area contributed by atoms with Crippen LogP contribution in [-0.4, -0.2) is 99.2 Å². The molecule has 0 fully saturated rings. The van der Waals surface area contributed by atoms with Crippen LogP contribution in [0, 0.1) is 10.8 Å². The first-order chi connectivity index (χ1) is 14.7. The summed E-state index contributed by atoms with van der Waals surface area (Å²) in [4.78, 5) is 36.4. The summed E-state index contributed by atoms with van der Waals surface area (Å²) in [5, 5.41) is 41.8. The molecule has 0 aromatic rings. The van der Waals surface area contributed by atoms with Crippen molar-refractivity contribution in [3.8, 4) is 0 Å². The number of primary amides is 1. The third kappa shape index (κ3) is 13.5. The lowest BCUT2D eigenvalue weighted by molar-refractivity contribution is -0.129. The van der Waals surface area contributed by atoms with Gasteiger partial charge in [-0.05, 0) is 17.3 Å². The zero-order valence-electron chi connectivity index (χ0n) is 19.3. The number of amides is 3. The minimum Gasteiger partial charge on any atom is -0.394 e. The van der Waals surface area contributed by atoms with Crippen molar-refractivity contribution in [2.75, 3.05) is 42.8 Å². The third-order valence-electron chi connectivity index (χ3n) is 4.58. The number of aliphatic hydroxyl groups is 4. The van der Waals surface area contributed by atoms with Gasteiger partial charge in [0.15, 0.2) is 0 Å². The standard InChI is InChI=1S/C20H39N3O7S2/c1-19(2,12-22-15(28)9-31-7-13(26)5-24)11-20(3,4)17(18(21)30)23-16(29)10-32-8-14(27)6-25/h13-14,17,24-27H,5-12H2,1-4H3,(H2,21,30)(H,22,28)(H,23,29). The van der Waals surface area contributed by atoms with Gasteiger partial charge in [0.05, 0.1) is 36.9 Å². The molecule has 3 amide bonds. The first kappa shape index (κ1) is 30.9. The van der Waals surface area contributed by atoms with Gasteiger partial charge in [0.25, 0.3) is 0 Å². The summed E-state index contributed by atoms with van der Waals surface area (Å²) < 4.78 is 0. The monoisotopic (exact) mass is 497 g/mol. The van der Waals surface area contributed by atoms with Crippen molar-refractivity contribution >= 4 is 41.2 Å². The minimum absolute atomic E-state index is 0.0129. The first-order valence-corrected chi connectivity index (χ1v) is 12.6. The number of aliphatic hydroxyl groups excluding tert-OH is 4. The number of carbonyl (C=O) groups is 3. The highest BCUT2D eigenvalue weighted by atomic mass is 32.2. The summed E-state index contributed by atoms with van der Waals surface area (Å²) in [5.74, 6) is -0.644. The molecule has 0 heterocycles. The molecule has 0 saturated carbocycles. The minimum atomic E-state index is -0.927. The lowest BCUT2D eigenvalue weighted by Crippen LogP contribution is -2.55. The molecule has 0 aromatic heterocycles. The van der Waals surface area contributed by atoms with Crippen molar-refractivity contribution in [2.24, 2.45) is 16.6 Å². The predicted molar refractivity (Wildman–Crippen MR) is 127 cm³/mol. The van der Waals surface area contributed by atoms with E-state index >= 15 is 0 Å². The van der Waals surface area contributed by atoms with Gasteiger partial charge in [0, 0.05) is 18.1 Å². The van der Waals surface area contributed by atoms with E-state index in [1.807, 2.05) is 27.7 Å². The summed E-state index contributed by atoms with van der Waals surface area (Å²) in [6.45, 7) is 7.11. The number of hydrogen-bond acceptors (Lipinski definition) is 9. The number of carbonyl (C=O) groups excluding carboxylic acids is 3. The third-order valence-corrected chi connectivity index (χ3v) is 6.75. The van der Waals surface area contributed by atoms with Gasteiger partial charge in [-0.1, -0.05) is 27.7 Å². The van der Waals surface area contributed by atoms with Crippen LogP contribution in [0.2, 0.25) is 0 Å². The lowest BCUT2D eigenvalue weighted by Gasteiger charge is -2.39. The largest absolute Gasteiger partial charge is 0.394 e. The number of hydrogen-bond donors (Lipinski definition) is 7. The zero-order valence-corrected chi connectivity index (χ0v) is 20.9. The Kier molecular flexibility index (Phi) is 14.5. The van der Waals surface area contributed by atoms with Crippen molar-refractivity contribution in [2.45, 2.75) is 52.4 Å². The van der Waals surface area contributed by atoms with Crippen LogP contribution in [0.1, 0.15) is 34.1 Å². The molecule has 0 aromatic carbocycles. The van der Waals surface area contributed by atoms with E-state index in [9.17, 15) is 24.6 Å². The maximum atomic E-state index is 12.2. The Hall–Kier alpha value is -1.05. The van der Waals surface area contributed by atoms with Crippen molar-refractivity contribution < 1.29 is 34.8 Å². The SMILES string of the molecule is CC(C)(CNC(=O)CSCC(O)CO)CC(C)(C)C(NC(=O)CSCC(O)CO)C(N)=O. The average molecular weight is 498 g/mol. The molecule has 0 aliphatic heterocycles. The molecule has 3 atom stereocenters. The molecule has 0 spiro atoms. The molecule has 0 bridgehead atoms. The van der Waals surface area contributed by atoms with Crippen LogP contribution in [0.5, 0.6) is 0 Å². The van der Waals surface area contributed by atoms with Gasteiger partial charge in [-0.15, -0.1) is 23.5 Å². The van der Waals surface area contributed by atoms with E-state index in [0.29, 0.717) is 13.0 Å². The molecular weight excluding hydrogens is 458 g/mol. The van der Waals surface area contributed by atoms with Gasteiger partial charge in [0.1, 0.15) is 6.04 Å². The fourth-order valence-electron chi connectivity index (χ4n) is 3.32. The van der Waals surface area contributed by atoms with E-state index in [-0.39, 0.29) is 42.1 Å². The van der Waals surface area contributed by atoms with Crippen molar-refractivity contribution in [3.63, 3.8) is 0 Å². The molecule has 3 unspecified atom stereocenters. The molecule has 32 heavy (non-hydrogen) atoms. The van der Waals surface area contributed by atoms with Gasteiger partial charge >= 0.3 is 0 Å². The molecule has 0 aliphatic rings. The Morgan fingerprint density at radius 2 is 1.38 bits per heavy atom. The van der Waals surface area contributed by atoms with Crippen LogP contribution in [0.4, 0.5) is 0 Å². The average Bonchev–Trinajstić information content (AvgIpc) is 2.69.